The fraction of sp³-hybridized carbons (Fsp3) is 0.200. The van der Waals surface area contributed by atoms with E-state index in [9.17, 15) is 9.59 Å². The predicted molar refractivity (Wildman–Crippen MR) is 52.5 cm³/mol. The molecule has 0 bridgehead atoms. The van der Waals surface area contributed by atoms with Gasteiger partial charge in [-0.25, -0.2) is 4.79 Å². The Kier molecular flexibility index (Phi) is 3.60. The van der Waals surface area contributed by atoms with Crippen molar-refractivity contribution in [1.29, 1.82) is 0 Å². The molecular formula is C10H10O6. The Bertz CT molecular complexity index is 425. The summed E-state index contributed by atoms with van der Waals surface area (Å²) in [6, 6.07) is 3.10. The Morgan fingerprint density at radius 1 is 1.25 bits per heavy atom. The maximum absolute atomic E-state index is 11.5. The number of phenolic OH excluding ortho intramolecular Hbond substituents is 1. The Balaban J connectivity index is 3.24. The number of hydrogen-bond donors (Lipinski definition) is 4. The number of aliphatic hydroxyl groups excluding tert-OH is 2. The monoisotopic (exact) mass is 226 g/mol. The normalized spacial score (nSPS) is 12.1. The van der Waals surface area contributed by atoms with E-state index in [0.29, 0.717) is 0 Å². The van der Waals surface area contributed by atoms with Gasteiger partial charge in [0.25, 0.3) is 0 Å². The highest BCUT2D eigenvalue weighted by atomic mass is 16.4. The number of aromatic carboxylic acids is 1. The minimum atomic E-state index is -1.69. The van der Waals surface area contributed by atoms with Gasteiger partial charge < -0.3 is 20.4 Å². The molecule has 0 aliphatic rings. The second kappa shape index (κ2) is 4.73. The standard InChI is InChI=1S/C10H10O6/c11-4-8(13)9(14)7-3-5(12)1-2-6(7)10(15)16/h1-3,8,11-13H,4H2,(H,15,16). The van der Waals surface area contributed by atoms with Crippen LogP contribution in [0.15, 0.2) is 18.2 Å². The van der Waals surface area contributed by atoms with Crippen LogP contribution in [-0.4, -0.2) is 44.9 Å². The van der Waals surface area contributed by atoms with Crippen LogP contribution in [0.25, 0.3) is 0 Å². The molecule has 0 spiro atoms. The Labute approximate surface area is 90.4 Å². The molecule has 1 rings (SSSR count). The number of rotatable bonds is 4. The lowest BCUT2D eigenvalue weighted by molar-refractivity contribution is 0.0575. The molecule has 6 heteroatoms. The Hall–Kier alpha value is -1.92. The molecular weight excluding hydrogens is 216 g/mol. The van der Waals surface area contributed by atoms with Crippen LogP contribution < -0.4 is 0 Å². The van der Waals surface area contributed by atoms with E-state index in [2.05, 4.69) is 0 Å². The highest BCUT2D eigenvalue weighted by molar-refractivity contribution is 6.08. The average Bonchev–Trinajstić information content (AvgIpc) is 2.26. The number of carbonyl (C=O) groups excluding carboxylic acids is 1. The largest absolute Gasteiger partial charge is 0.508 e. The molecule has 6 nitrogen and oxygen atoms in total. The third kappa shape index (κ3) is 2.36. The first kappa shape index (κ1) is 12.2. The summed E-state index contributed by atoms with van der Waals surface area (Å²) in [7, 11) is 0. The number of carbonyl (C=O) groups is 2. The van der Waals surface area contributed by atoms with Crippen molar-refractivity contribution < 1.29 is 30.0 Å². The predicted octanol–water partition coefficient (Wildman–Crippen LogP) is -0.374. The summed E-state index contributed by atoms with van der Waals surface area (Å²) in [5, 5.41) is 35.6. The Morgan fingerprint density at radius 2 is 1.88 bits per heavy atom. The summed E-state index contributed by atoms with van der Waals surface area (Å²) in [6.07, 6.45) is -1.69. The molecule has 1 aromatic carbocycles. The van der Waals surface area contributed by atoms with Crippen LogP contribution in [0.1, 0.15) is 20.7 Å². The van der Waals surface area contributed by atoms with E-state index in [0.717, 1.165) is 18.2 Å². The lowest BCUT2D eigenvalue weighted by Crippen LogP contribution is -2.26. The summed E-state index contributed by atoms with van der Waals surface area (Å²) in [6.45, 7) is -0.812. The molecule has 1 atom stereocenters. The zero-order valence-electron chi connectivity index (χ0n) is 8.12. The number of Topliss-reactive ketones (excluding diaryl/α,β-unsaturated/α-hetero) is 1. The highest BCUT2D eigenvalue weighted by Crippen LogP contribution is 2.18. The number of benzene rings is 1. The minimum absolute atomic E-state index is 0.293. The van der Waals surface area contributed by atoms with Crippen LogP contribution in [-0.2, 0) is 0 Å². The number of carboxylic acid groups (broad SMARTS) is 1. The second-order valence-electron chi connectivity index (χ2n) is 3.10. The summed E-state index contributed by atoms with van der Waals surface area (Å²) in [4.78, 5) is 22.2. The zero-order valence-corrected chi connectivity index (χ0v) is 8.12. The number of ketones is 1. The van der Waals surface area contributed by atoms with Gasteiger partial charge in [-0.05, 0) is 18.2 Å². The fourth-order valence-electron chi connectivity index (χ4n) is 1.19. The van der Waals surface area contributed by atoms with E-state index in [1.807, 2.05) is 0 Å². The van der Waals surface area contributed by atoms with E-state index < -0.39 is 24.5 Å². The van der Waals surface area contributed by atoms with Crippen molar-refractivity contribution in [3.05, 3.63) is 29.3 Å². The fourth-order valence-corrected chi connectivity index (χ4v) is 1.19. The third-order valence-corrected chi connectivity index (χ3v) is 1.97. The minimum Gasteiger partial charge on any atom is -0.508 e. The first-order valence-electron chi connectivity index (χ1n) is 4.36. The van der Waals surface area contributed by atoms with Gasteiger partial charge in [0.15, 0.2) is 5.78 Å². The molecule has 0 aromatic heterocycles. The topological polar surface area (TPSA) is 115 Å². The number of aliphatic hydroxyl groups is 2. The third-order valence-electron chi connectivity index (χ3n) is 1.97. The highest BCUT2D eigenvalue weighted by Gasteiger charge is 2.22. The van der Waals surface area contributed by atoms with Crippen molar-refractivity contribution in [2.24, 2.45) is 0 Å². The molecule has 0 aliphatic heterocycles. The van der Waals surface area contributed by atoms with Crippen LogP contribution in [0.2, 0.25) is 0 Å². The first-order chi connectivity index (χ1) is 7.47. The van der Waals surface area contributed by atoms with Crippen LogP contribution in [0.4, 0.5) is 0 Å². The van der Waals surface area contributed by atoms with E-state index in [1.165, 1.54) is 0 Å². The number of aromatic hydroxyl groups is 1. The van der Waals surface area contributed by atoms with Crippen LogP contribution in [0.3, 0.4) is 0 Å². The van der Waals surface area contributed by atoms with Gasteiger partial charge in [0.05, 0.1) is 12.2 Å². The summed E-state index contributed by atoms with van der Waals surface area (Å²) < 4.78 is 0. The molecule has 1 unspecified atom stereocenters. The van der Waals surface area contributed by atoms with Gasteiger partial charge in [0, 0.05) is 5.56 Å². The lowest BCUT2D eigenvalue weighted by atomic mass is 10.00. The van der Waals surface area contributed by atoms with Gasteiger partial charge in [-0.15, -0.1) is 0 Å². The van der Waals surface area contributed by atoms with Crippen LogP contribution >= 0.6 is 0 Å². The summed E-state index contributed by atoms with van der Waals surface area (Å²) >= 11 is 0. The Morgan fingerprint density at radius 3 is 2.38 bits per heavy atom. The molecule has 0 aliphatic carbocycles. The maximum Gasteiger partial charge on any atom is 0.336 e. The van der Waals surface area contributed by atoms with Crippen LogP contribution in [0, 0.1) is 0 Å². The molecule has 0 heterocycles. The summed E-state index contributed by atoms with van der Waals surface area (Å²) in [5.74, 6) is -2.59. The van der Waals surface area contributed by atoms with Gasteiger partial charge in [-0.2, -0.15) is 0 Å². The molecule has 0 radical (unpaired) electrons. The molecule has 0 amide bonds. The van der Waals surface area contributed by atoms with Crippen molar-refractivity contribution in [3.63, 3.8) is 0 Å². The van der Waals surface area contributed by atoms with Gasteiger partial charge in [-0.1, -0.05) is 0 Å². The molecule has 0 saturated carbocycles. The van der Waals surface area contributed by atoms with Gasteiger partial charge in [-0.3, -0.25) is 4.79 Å². The van der Waals surface area contributed by atoms with Gasteiger partial charge in [0.1, 0.15) is 11.9 Å². The molecule has 0 saturated heterocycles. The quantitative estimate of drug-likeness (QED) is 0.520. The van der Waals surface area contributed by atoms with E-state index >= 15 is 0 Å². The molecule has 0 fully saturated rings. The smallest absolute Gasteiger partial charge is 0.336 e. The van der Waals surface area contributed by atoms with Crippen molar-refractivity contribution in [1.82, 2.24) is 0 Å². The van der Waals surface area contributed by atoms with Crippen molar-refractivity contribution >= 4 is 11.8 Å². The average molecular weight is 226 g/mol. The SMILES string of the molecule is O=C(O)c1ccc(O)cc1C(=O)C(O)CO. The van der Waals surface area contributed by atoms with Crippen molar-refractivity contribution in [3.8, 4) is 5.75 Å². The number of carboxylic acids is 1. The van der Waals surface area contributed by atoms with Gasteiger partial charge >= 0.3 is 5.97 Å². The van der Waals surface area contributed by atoms with Crippen LogP contribution in [0.5, 0.6) is 5.75 Å². The second-order valence-corrected chi connectivity index (χ2v) is 3.10. The van der Waals surface area contributed by atoms with E-state index in [1.54, 1.807) is 0 Å². The number of phenols is 1. The molecule has 16 heavy (non-hydrogen) atoms. The van der Waals surface area contributed by atoms with Crippen molar-refractivity contribution in [2.45, 2.75) is 6.10 Å². The summed E-state index contributed by atoms with van der Waals surface area (Å²) in [5.41, 5.74) is -0.677. The molecule has 1 aromatic rings. The maximum atomic E-state index is 11.5. The first-order valence-corrected chi connectivity index (χ1v) is 4.36. The zero-order chi connectivity index (χ0) is 12.3. The molecule has 86 valence electrons. The lowest BCUT2D eigenvalue weighted by Gasteiger charge is -2.09. The van der Waals surface area contributed by atoms with Gasteiger partial charge in [0.2, 0.25) is 0 Å². The number of hydrogen-bond acceptors (Lipinski definition) is 5. The van der Waals surface area contributed by atoms with E-state index in [4.69, 9.17) is 20.4 Å². The van der Waals surface area contributed by atoms with Crippen molar-refractivity contribution in [2.75, 3.05) is 6.61 Å². The van der Waals surface area contributed by atoms with E-state index in [-0.39, 0.29) is 16.9 Å². The molecule has 4 N–H and O–H groups in total.